The molecule has 3 rings (SSSR count). The Bertz CT molecular complexity index is 1170. The van der Waals surface area contributed by atoms with E-state index >= 15 is 0 Å². The first kappa shape index (κ1) is 28.5. The van der Waals surface area contributed by atoms with Crippen molar-refractivity contribution in [3.05, 3.63) is 99.0 Å². The molecule has 0 aliphatic heterocycles. The molecule has 3 aromatic rings. The van der Waals surface area contributed by atoms with E-state index in [1.165, 1.54) is 0 Å². The van der Waals surface area contributed by atoms with E-state index in [9.17, 15) is 9.59 Å². The summed E-state index contributed by atoms with van der Waals surface area (Å²) in [5, 5.41) is 4.30. The fraction of sp³-hybridized carbons (Fsp3) is 0.333. The molecule has 0 heterocycles. The van der Waals surface area contributed by atoms with E-state index in [-0.39, 0.29) is 30.9 Å². The second-order valence-corrected chi connectivity index (χ2v) is 10.5. The molecule has 1 atom stereocenters. The number of carbonyl (C=O) groups excluding carboxylic acids is 2. The van der Waals surface area contributed by atoms with E-state index in [1.807, 2.05) is 82.3 Å². The van der Waals surface area contributed by atoms with E-state index in [1.54, 1.807) is 17.0 Å². The maximum Gasteiger partial charge on any atom is 0.261 e. The minimum atomic E-state index is -0.721. The van der Waals surface area contributed by atoms with Crippen LogP contribution < -0.4 is 10.1 Å². The first-order valence-electron chi connectivity index (χ1n) is 12.4. The Morgan fingerprint density at radius 2 is 1.54 bits per heavy atom. The lowest BCUT2D eigenvalue weighted by Gasteiger charge is -2.31. The van der Waals surface area contributed by atoms with Gasteiger partial charge in [-0.25, -0.2) is 0 Å². The van der Waals surface area contributed by atoms with Gasteiger partial charge in [0, 0.05) is 29.6 Å². The Hall–Kier alpha value is -3.02. The molecule has 196 valence electrons. The third-order valence-electron chi connectivity index (χ3n) is 5.99. The topological polar surface area (TPSA) is 58.6 Å². The van der Waals surface area contributed by atoms with Crippen LogP contribution in [-0.2, 0) is 22.6 Å². The number of halogens is 2. The zero-order chi connectivity index (χ0) is 26.9. The molecule has 0 aromatic heterocycles. The van der Waals surface area contributed by atoms with Gasteiger partial charge < -0.3 is 15.0 Å². The first-order valence-corrected chi connectivity index (χ1v) is 13.1. The molecule has 0 bridgehead atoms. The van der Waals surface area contributed by atoms with Crippen LogP contribution in [0.5, 0.6) is 5.75 Å². The maximum atomic E-state index is 13.7. The van der Waals surface area contributed by atoms with Crippen LogP contribution >= 0.6 is 23.2 Å². The van der Waals surface area contributed by atoms with Crippen molar-refractivity contribution in [2.45, 2.75) is 46.7 Å². The molecule has 7 heteroatoms. The summed E-state index contributed by atoms with van der Waals surface area (Å²) in [6.45, 7) is 8.41. The van der Waals surface area contributed by atoms with E-state index in [0.29, 0.717) is 28.8 Å². The number of ether oxygens (including phenoxy) is 1. The summed E-state index contributed by atoms with van der Waals surface area (Å²) in [5.74, 6) is 0.350. The fourth-order valence-corrected chi connectivity index (χ4v) is 4.22. The standard InChI is InChI=1S/C30H34Cl2N2O3/c1-20(2)17-33-30(36)27(16-23-8-6-5-7-9-23)34(18-24-10-12-25(31)13-11-24)28(35)19-37-26-14-21(3)29(32)22(4)15-26/h5-15,20,27H,16-19H2,1-4H3,(H,33,36). The van der Waals surface area contributed by atoms with Crippen molar-refractivity contribution in [1.82, 2.24) is 10.2 Å². The van der Waals surface area contributed by atoms with Crippen molar-refractivity contribution in [2.75, 3.05) is 13.2 Å². The first-order chi connectivity index (χ1) is 17.6. The maximum absolute atomic E-state index is 13.7. The third kappa shape index (κ3) is 8.51. The van der Waals surface area contributed by atoms with Crippen LogP contribution in [0.2, 0.25) is 10.0 Å². The van der Waals surface area contributed by atoms with Gasteiger partial charge in [0.1, 0.15) is 11.8 Å². The molecule has 0 saturated heterocycles. The van der Waals surface area contributed by atoms with Gasteiger partial charge in [-0.05, 0) is 66.3 Å². The highest BCUT2D eigenvalue weighted by molar-refractivity contribution is 6.32. The summed E-state index contributed by atoms with van der Waals surface area (Å²) in [4.78, 5) is 28.7. The molecule has 37 heavy (non-hydrogen) atoms. The van der Waals surface area contributed by atoms with Gasteiger partial charge in [0.2, 0.25) is 5.91 Å². The van der Waals surface area contributed by atoms with E-state index in [2.05, 4.69) is 5.32 Å². The molecule has 0 fully saturated rings. The van der Waals surface area contributed by atoms with Gasteiger partial charge in [-0.2, -0.15) is 0 Å². The van der Waals surface area contributed by atoms with Gasteiger partial charge in [-0.1, -0.05) is 79.5 Å². The number of aryl methyl sites for hydroxylation is 2. The number of carbonyl (C=O) groups is 2. The summed E-state index contributed by atoms with van der Waals surface area (Å²) in [5.41, 5.74) is 3.57. The molecule has 1 N–H and O–H groups in total. The van der Waals surface area contributed by atoms with Crippen molar-refractivity contribution in [2.24, 2.45) is 5.92 Å². The summed E-state index contributed by atoms with van der Waals surface area (Å²) >= 11 is 12.4. The molecule has 0 radical (unpaired) electrons. The number of amides is 2. The third-order valence-corrected chi connectivity index (χ3v) is 6.84. The Morgan fingerprint density at radius 3 is 2.14 bits per heavy atom. The number of rotatable bonds is 11. The molecule has 0 spiro atoms. The smallest absolute Gasteiger partial charge is 0.261 e. The summed E-state index contributed by atoms with van der Waals surface area (Å²) in [6.07, 6.45) is 0.378. The second kappa shape index (κ2) is 13.5. The van der Waals surface area contributed by atoms with Crippen LogP contribution in [0.3, 0.4) is 0 Å². The highest BCUT2D eigenvalue weighted by atomic mass is 35.5. The van der Waals surface area contributed by atoms with Crippen molar-refractivity contribution in [1.29, 1.82) is 0 Å². The Labute approximate surface area is 229 Å². The lowest BCUT2D eigenvalue weighted by atomic mass is 10.0. The Balaban J connectivity index is 1.91. The summed E-state index contributed by atoms with van der Waals surface area (Å²) in [6, 6.07) is 19.9. The van der Waals surface area contributed by atoms with Crippen LogP contribution in [-0.4, -0.2) is 35.9 Å². The normalized spacial score (nSPS) is 11.8. The molecule has 0 aliphatic carbocycles. The van der Waals surface area contributed by atoms with Crippen LogP contribution in [0.25, 0.3) is 0 Å². The molecule has 5 nitrogen and oxygen atoms in total. The largest absolute Gasteiger partial charge is 0.484 e. The van der Waals surface area contributed by atoms with Crippen molar-refractivity contribution < 1.29 is 14.3 Å². The lowest BCUT2D eigenvalue weighted by molar-refractivity contribution is -0.142. The van der Waals surface area contributed by atoms with Crippen LogP contribution in [0.4, 0.5) is 0 Å². The molecule has 2 amide bonds. The van der Waals surface area contributed by atoms with Gasteiger partial charge in [-0.15, -0.1) is 0 Å². The van der Waals surface area contributed by atoms with Crippen LogP contribution in [0, 0.1) is 19.8 Å². The van der Waals surface area contributed by atoms with Gasteiger partial charge in [-0.3, -0.25) is 9.59 Å². The zero-order valence-electron chi connectivity index (χ0n) is 21.8. The zero-order valence-corrected chi connectivity index (χ0v) is 23.3. The van der Waals surface area contributed by atoms with Gasteiger partial charge in [0.25, 0.3) is 5.91 Å². The van der Waals surface area contributed by atoms with Crippen LogP contribution in [0.15, 0.2) is 66.7 Å². The molecule has 0 saturated carbocycles. The molecule has 3 aromatic carbocycles. The van der Waals surface area contributed by atoms with E-state index < -0.39 is 6.04 Å². The highest BCUT2D eigenvalue weighted by Gasteiger charge is 2.30. The quantitative estimate of drug-likeness (QED) is 0.306. The highest BCUT2D eigenvalue weighted by Crippen LogP contribution is 2.26. The average Bonchev–Trinajstić information content (AvgIpc) is 2.88. The van der Waals surface area contributed by atoms with Gasteiger partial charge in [0.05, 0.1) is 0 Å². The summed E-state index contributed by atoms with van der Waals surface area (Å²) in [7, 11) is 0. The van der Waals surface area contributed by atoms with Gasteiger partial charge >= 0.3 is 0 Å². The molecular weight excluding hydrogens is 507 g/mol. The lowest BCUT2D eigenvalue weighted by Crippen LogP contribution is -2.52. The number of benzene rings is 3. The minimum Gasteiger partial charge on any atom is -0.484 e. The number of nitrogens with zero attached hydrogens (tertiary/aromatic N) is 1. The fourth-order valence-electron chi connectivity index (χ4n) is 3.98. The van der Waals surface area contributed by atoms with Crippen molar-refractivity contribution in [3.8, 4) is 5.75 Å². The minimum absolute atomic E-state index is 0.196. The molecular formula is C30H34Cl2N2O3. The number of hydrogen-bond acceptors (Lipinski definition) is 3. The second-order valence-electron chi connectivity index (χ2n) is 9.65. The molecule has 0 aliphatic rings. The predicted octanol–water partition coefficient (Wildman–Crippen LogP) is 6.40. The Morgan fingerprint density at radius 1 is 0.919 bits per heavy atom. The molecule has 1 unspecified atom stereocenters. The van der Waals surface area contributed by atoms with Gasteiger partial charge in [0.15, 0.2) is 6.61 Å². The SMILES string of the molecule is Cc1cc(OCC(=O)N(Cc2ccc(Cl)cc2)C(Cc2ccccc2)C(=O)NCC(C)C)cc(C)c1Cl. The van der Waals surface area contributed by atoms with E-state index in [0.717, 1.165) is 22.3 Å². The van der Waals surface area contributed by atoms with Crippen LogP contribution in [0.1, 0.15) is 36.1 Å². The predicted molar refractivity (Wildman–Crippen MR) is 150 cm³/mol. The van der Waals surface area contributed by atoms with Crippen molar-refractivity contribution in [3.63, 3.8) is 0 Å². The average molecular weight is 542 g/mol. The van der Waals surface area contributed by atoms with Crippen molar-refractivity contribution >= 4 is 35.0 Å². The van der Waals surface area contributed by atoms with E-state index in [4.69, 9.17) is 27.9 Å². The summed E-state index contributed by atoms with van der Waals surface area (Å²) < 4.78 is 5.90. The number of nitrogens with one attached hydrogen (secondary N) is 1. The number of hydrogen-bond donors (Lipinski definition) is 1. The Kier molecular flexibility index (Phi) is 10.4. The monoisotopic (exact) mass is 540 g/mol.